The van der Waals surface area contributed by atoms with Gasteiger partial charge in [0.2, 0.25) is 11.8 Å². The van der Waals surface area contributed by atoms with E-state index in [1.807, 2.05) is 37.8 Å². The molecule has 2 rings (SSSR count). The van der Waals surface area contributed by atoms with Gasteiger partial charge < -0.3 is 16.0 Å². The molecule has 0 radical (unpaired) electrons. The molecule has 0 unspecified atom stereocenters. The highest BCUT2D eigenvalue weighted by molar-refractivity contribution is 5.83. The number of nitrogens with two attached hydrogens (primary N) is 1. The van der Waals surface area contributed by atoms with Gasteiger partial charge in [-0.15, -0.1) is 0 Å². The third-order valence-electron chi connectivity index (χ3n) is 4.89. The van der Waals surface area contributed by atoms with Crippen LogP contribution in [-0.4, -0.2) is 51.7 Å². The van der Waals surface area contributed by atoms with E-state index < -0.39 is 0 Å². The van der Waals surface area contributed by atoms with Crippen LogP contribution in [0.3, 0.4) is 0 Å². The molecule has 1 saturated heterocycles. The van der Waals surface area contributed by atoms with Crippen molar-refractivity contribution < 1.29 is 9.59 Å². The molecule has 134 valence electrons. The maximum Gasteiger partial charge on any atom is 0.239 e. The summed E-state index contributed by atoms with van der Waals surface area (Å²) < 4.78 is 1.91. The summed E-state index contributed by atoms with van der Waals surface area (Å²) in [4.78, 5) is 25.8. The first-order valence-electron chi connectivity index (χ1n) is 8.64. The molecular weight excluding hydrogens is 306 g/mol. The summed E-state index contributed by atoms with van der Waals surface area (Å²) >= 11 is 0. The van der Waals surface area contributed by atoms with E-state index in [1.54, 1.807) is 4.90 Å². The van der Waals surface area contributed by atoms with E-state index in [1.165, 1.54) is 0 Å². The van der Waals surface area contributed by atoms with Crippen molar-refractivity contribution in [3.63, 3.8) is 0 Å². The second-order valence-corrected chi connectivity index (χ2v) is 6.94. The van der Waals surface area contributed by atoms with Crippen LogP contribution in [0.15, 0.2) is 12.4 Å². The Bertz CT molecular complexity index is 585. The number of primary amides is 1. The quantitative estimate of drug-likeness (QED) is 0.806. The molecule has 0 aromatic carbocycles. The molecule has 0 bridgehead atoms. The van der Waals surface area contributed by atoms with Gasteiger partial charge in [-0.1, -0.05) is 0 Å². The van der Waals surface area contributed by atoms with Crippen LogP contribution in [0, 0.1) is 12.8 Å². The lowest BCUT2D eigenvalue weighted by atomic mass is 9.97. The Morgan fingerprint density at radius 1 is 1.38 bits per heavy atom. The Balaban J connectivity index is 1.91. The highest BCUT2D eigenvalue weighted by Gasteiger charge is 2.30. The van der Waals surface area contributed by atoms with E-state index in [2.05, 4.69) is 17.3 Å². The van der Waals surface area contributed by atoms with Gasteiger partial charge in [0, 0.05) is 25.3 Å². The van der Waals surface area contributed by atoms with E-state index in [0.29, 0.717) is 13.1 Å². The van der Waals surface area contributed by atoms with Crippen molar-refractivity contribution >= 4 is 11.8 Å². The van der Waals surface area contributed by atoms with Gasteiger partial charge in [-0.3, -0.25) is 14.3 Å². The molecule has 1 fully saturated rings. The van der Waals surface area contributed by atoms with Crippen molar-refractivity contribution in [3.8, 4) is 0 Å². The monoisotopic (exact) mass is 335 g/mol. The average Bonchev–Trinajstić information content (AvgIpc) is 2.99. The van der Waals surface area contributed by atoms with E-state index in [0.717, 1.165) is 18.4 Å². The van der Waals surface area contributed by atoms with E-state index in [4.69, 9.17) is 5.73 Å². The zero-order valence-electron chi connectivity index (χ0n) is 15.0. The van der Waals surface area contributed by atoms with Crippen molar-refractivity contribution in [2.24, 2.45) is 11.7 Å². The van der Waals surface area contributed by atoms with Crippen molar-refractivity contribution in [1.82, 2.24) is 20.0 Å². The summed E-state index contributed by atoms with van der Waals surface area (Å²) in [5, 5.41) is 7.70. The fraction of sp³-hybridized carbons (Fsp3) is 0.706. The molecule has 4 atom stereocenters. The number of rotatable bonds is 6. The predicted molar refractivity (Wildman–Crippen MR) is 92.2 cm³/mol. The fourth-order valence-corrected chi connectivity index (χ4v) is 3.17. The molecule has 2 heterocycles. The summed E-state index contributed by atoms with van der Waals surface area (Å²) in [6.07, 6.45) is 5.42. The first-order chi connectivity index (χ1) is 11.3. The number of amides is 2. The molecule has 24 heavy (non-hydrogen) atoms. The van der Waals surface area contributed by atoms with E-state index in [9.17, 15) is 9.59 Å². The molecule has 1 aromatic heterocycles. The highest BCUT2D eigenvalue weighted by Crippen LogP contribution is 2.17. The largest absolute Gasteiger partial charge is 0.369 e. The van der Waals surface area contributed by atoms with Crippen LogP contribution in [0.1, 0.15) is 45.2 Å². The molecule has 1 aliphatic heterocycles. The van der Waals surface area contributed by atoms with Crippen molar-refractivity contribution in [3.05, 3.63) is 18.0 Å². The lowest BCUT2D eigenvalue weighted by Crippen LogP contribution is -2.52. The zero-order valence-corrected chi connectivity index (χ0v) is 15.0. The topological polar surface area (TPSA) is 93.2 Å². The van der Waals surface area contributed by atoms with Gasteiger partial charge in [-0.2, -0.15) is 5.10 Å². The highest BCUT2D eigenvalue weighted by atomic mass is 16.2. The van der Waals surface area contributed by atoms with Gasteiger partial charge in [0.1, 0.15) is 0 Å². The molecule has 3 N–H and O–H groups in total. The second-order valence-electron chi connectivity index (χ2n) is 6.94. The zero-order chi connectivity index (χ0) is 17.9. The number of likely N-dealkylation sites (tertiary alicyclic amines) is 1. The third kappa shape index (κ3) is 4.35. The van der Waals surface area contributed by atoms with Crippen LogP contribution in [-0.2, 0) is 9.59 Å². The normalized spacial score (nSPS) is 22.0. The minimum absolute atomic E-state index is 0.0247. The number of nitrogens with one attached hydrogen (secondary N) is 1. The molecule has 1 aromatic rings. The molecule has 0 spiro atoms. The Labute approximate surface area is 143 Å². The fourth-order valence-electron chi connectivity index (χ4n) is 3.17. The van der Waals surface area contributed by atoms with Gasteiger partial charge >= 0.3 is 0 Å². The Morgan fingerprint density at radius 3 is 2.67 bits per heavy atom. The molecule has 2 amide bonds. The van der Waals surface area contributed by atoms with Crippen LogP contribution >= 0.6 is 0 Å². The Hall–Kier alpha value is -1.89. The van der Waals surface area contributed by atoms with Crippen LogP contribution in [0.2, 0.25) is 0 Å². The summed E-state index contributed by atoms with van der Waals surface area (Å²) in [7, 11) is 0. The number of nitrogens with zero attached hydrogens (tertiary/aromatic N) is 3. The first-order valence-corrected chi connectivity index (χ1v) is 8.64. The van der Waals surface area contributed by atoms with Gasteiger partial charge in [0.05, 0.1) is 24.2 Å². The minimum Gasteiger partial charge on any atom is -0.369 e. The van der Waals surface area contributed by atoms with Crippen molar-refractivity contribution in [1.29, 1.82) is 0 Å². The molecular formula is C17H29N5O2. The van der Waals surface area contributed by atoms with E-state index >= 15 is 0 Å². The van der Waals surface area contributed by atoms with Gasteiger partial charge in [0.25, 0.3) is 0 Å². The summed E-state index contributed by atoms with van der Waals surface area (Å²) in [5.41, 5.74) is 6.51. The summed E-state index contributed by atoms with van der Waals surface area (Å²) in [5.74, 6) is -0.515. The van der Waals surface area contributed by atoms with Crippen LogP contribution in [0.4, 0.5) is 0 Å². The van der Waals surface area contributed by atoms with Crippen molar-refractivity contribution in [2.45, 2.75) is 58.7 Å². The van der Waals surface area contributed by atoms with Gasteiger partial charge in [0.15, 0.2) is 0 Å². The van der Waals surface area contributed by atoms with Crippen molar-refractivity contribution in [2.75, 3.05) is 13.1 Å². The first kappa shape index (κ1) is 18.4. The second kappa shape index (κ2) is 7.79. The number of carbonyl (C=O) groups is 2. The standard InChI is InChI=1S/C17H29N5O2/c1-11-8-19-22(9-11)14(4)12(2)20-13(3)17(24)21-7-5-6-15(10-21)16(18)23/h8-9,12-15,20H,5-7,10H2,1-4H3,(H2,18,23)/t12-,13-,14+,15+/m0/s1. The molecule has 7 nitrogen and oxygen atoms in total. The predicted octanol–water partition coefficient (Wildman–Crippen LogP) is 0.843. The lowest BCUT2D eigenvalue weighted by Gasteiger charge is -2.34. The average molecular weight is 335 g/mol. The smallest absolute Gasteiger partial charge is 0.239 e. The van der Waals surface area contributed by atoms with E-state index in [-0.39, 0.29) is 35.9 Å². The number of piperidine rings is 1. The number of carbonyl (C=O) groups excluding carboxylic acids is 2. The van der Waals surface area contributed by atoms with Crippen LogP contribution < -0.4 is 11.1 Å². The Morgan fingerprint density at radius 2 is 2.08 bits per heavy atom. The molecule has 0 saturated carbocycles. The minimum atomic E-state index is -0.316. The molecule has 1 aliphatic rings. The number of aryl methyl sites for hydroxylation is 1. The summed E-state index contributed by atoms with van der Waals surface area (Å²) in [6, 6.07) is -0.0978. The third-order valence-corrected chi connectivity index (χ3v) is 4.89. The van der Waals surface area contributed by atoms with Gasteiger partial charge in [-0.05, 0) is 46.1 Å². The maximum absolute atomic E-state index is 12.7. The Kier molecular flexibility index (Phi) is 5.99. The summed E-state index contributed by atoms with van der Waals surface area (Å²) in [6.45, 7) is 9.12. The lowest BCUT2D eigenvalue weighted by molar-refractivity contribution is -0.136. The number of aromatic nitrogens is 2. The molecule has 0 aliphatic carbocycles. The van der Waals surface area contributed by atoms with Crippen LogP contribution in [0.5, 0.6) is 0 Å². The number of hydrogen-bond donors (Lipinski definition) is 2. The van der Waals surface area contributed by atoms with Gasteiger partial charge in [-0.25, -0.2) is 0 Å². The SMILES string of the molecule is Cc1cnn([C@H](C)[C@H](C)N[C@@H](C)C(=O)N2CCC[C@@H](C(N)=O)C2)c1. The van der Waals surface area contributed by atoms with Crippen LogP contribution in [0.25, 0.3) is 0 Å². The number of hydrogen-bond acceptors (Lipinski definition) is 4. The maximum atomic E-state index is 12.7. The molecule has 7 heteroatoms.